The van der Waals surface area contributed by atoms with E-state index in [1.54, 1.807) is 0 Å². The minimum atomic E-state index is -0.451. The van der Waals surface area contributed by atoms with Gasteiger partial charge in [0.1, 0.15) is 5.60 Å². The molecule has 2 aliphatic rings. The van der Waals surface area contributed by atoms with Crippen LogP contribution in [0.25, 0.3) is 0 Å². The Kier molecular flexibility index (Phi) is 5.49. The van der Waals surface area contributed by atoms with E-state index in [1.807, 2.05) is 25.7 Å². The molecule has 2 aliphatic carbocycles. The van der Waals surface area contributed by atoms with Gasteiger partial charge in [-0.25, -0.2) is 4.79 Å². The van der Waals surface area contributed by atoms with E-state index in [0.717, 1.165) is 32.1 Å². The molecule has 0 aromatic heterocycles. The van der Waals surface area contributed by atoms with Crippen molar-refractivity contribution >= 4 is 6.09 Å². The summed E-state index contributed by atoms with van der Waals surface area (Å²) in [5.41, 5.74) is -0.451. The zero-order valence-electron chi connectivity index (χ0n) is 13.6. The predicted octanol–water partition coefficient (Wildman–Crippen LogP) is 2.28. The smallest absolute Gasteiger partial charge is 0.410 e. The van der Waals surface area contributed by atoms with Gasteiger partial charge in [-0.1, -0.05) is 12.8 Å². The van der Waals surface area contributed by atoms with E-state index >= 15 is 0 Å². The first-order valence-electron chi connectivity index (χ1n) is 8.28. The van der Waals surface area contributed by atoms with Gasteiger partial charge >= 0.3 is 6.09 Å². The van der Waals surface area contributed by atoms with Gasteiger partial charge in [-0.2, -0.15) is 0 Å². The van der Waals surface area contributed by atoms with Crippen molar-refractivity contribution in [2.45, 2.75) is 83.0 Å². The van der Waals surface area contributed by atoms with Crippen LogP contribution >= 0.6 is 0 Å². The van der Waals surface area contributed by atoms with Gasteiger partial charge in [-0.3, -0.25) is 0 Å². The van der Waals surface area contributed by atoms with Crippen LogP contribution in [0, 0.1) is 0 Å². The van der Waals surface area contributed by atoms with Gasteiger partial charge in [0.2, 0.25) is 0 Å². The van der Waals surface area contributed by atoms with Crippen LogP contribution in [0.1, 0.15) is 59.3 Å². The van der Waals surface area contributed by atoms with Gasteiger partial charge < -0.3 is 20.1 Å². The molecule has 0 heterocycles. The number of rotatable bonds is 5. The molecule has 2 fully saturated rings. The first-order valence-corrected chi connectivity index (χ1v) is 8.28. The lowest BCUT2D eigenvalue weighted by Gasteiger charge is -2.41. The summed E-state index contributed by atoms with van der Waals surface area (Å²) in [5.74, 6) is 0. The van der Waals surface area contributed by atoms with E-state index in [1.165, 1.54) is 6.42 Å². The second kappa shape index (κ2) is 6.97. The van der Waals surface area contributed by atoms with E-state index in [4.69, 9.17) is 9.84 Å². The van der Waals surface area contributed by atoms with Crippen LogP contribution in [0.3, 0.4) is 0 Å². The first kappa shape index (κ1) is 16.6. The molecular formula is C16H30N2O3. The highest BCUT2D eigenvalue weighted by atomic mass is 16.6. The number of nitrogens with one attached hydrogen (secondary N) is 1. The van der Waals surface area contributed by atoms with Crippen molar-refractivity contribution in [3.8, 4) is 0 Å². The maximum atomic E-state index is 12.6. The molecule has 0 saturated heterocycles. The van der Waals surface area contributed by atoms with Gasteiger partial charge in [-0.15, -0.1) is 0 Å². The van der Waals surface area contributed by atoms with Crippen LogP contribution < -0.4 is 5.32 Å². The fourth-order valence-electron chi connectivity index (χ4n) is 3.15. The van der Waals surface area contributed by atoms with E-state index in [2.05, 4.69) is 5.32 Å². The molecule has 5 heteroatoms. The maximum Gasteiger partial charge on any atom is 0.410 e. The van der Waals surface area contributed by atoms with Crippen molar-refractivity contribution in [2.75, 3.05) is 13.2 Å². The molecule has 1 amide bonds. The van der Waals surface area contributed by atoms with Crippen molar-refractivity contribution in [2.24, 2.45) is 0 Å². The molecule has 122 valence electrons. The van der Waals surface area contributed by atoms with E-state index < -0.39 is 5.60 Å². The van der Waals surface area contributed by atoms with Crippen LogP contribution in [-0.4, -0.2) is 53.0 Å². The van der Waals surface area contributed by atoms with Gasteiger partial charge in [0.05, 0.1) is 12.6 Å². The first-order chi connectivity index (χ1) is 9.92. The van der Waals surface area contributed by atoms with Crippen LogP contribution in [0.15, 0.2) is 0 Å². The number of aliphatic hydroxyl groups excluding tert-OH is 1. The van der Waals surface area contributed by atoms with Gasteiger partial charge in [-0.05, 0) is 46.5 Å². The maximum absolute atomic E-state index is 12.6. The predicted molar refractivity (Wildman–Crippen MR) is 82.2 cm³/mol. The topological polar surface area (TPSA) is 61.8 Å². The van der Waals surface area contributed by atoms with Crippen molar-refractivity contribution in [1.82, 2.24) is 10.2 Å². The Labute approximate surface area is 128 Å². The number of hydrogen-bond donors (Lipinski definition) is 2. The van der Waals surface area contributed by atoms with Crippen molar-refractivity contribution in [1.29, 1.82) is 0 Å². The summed E-state index contributed by atoms with van der Waals surface area (Å²) in [6, 6.07) is 0.827. The lowest BCUT2D eigenvalue weighted by molar-refractivity contribution is 0.00500. The molecule has 0 unspecified atom stereocenters. The summed E-state index contributed by atoms with van der Waals surface area (Å²) >= 11 is 0. The molecule has 0 aromatic rings. The van der Waals surface area contributed by atoms with Gasteiger partial charge in [0, 0.05) is 18.6 Å². The van der Waals surface area contributed by atoms with E-state index in [-0.39, 0.29) is 24.8 Å². The summed E-state index contributed by atoms with van der Waals surface area (Å²) in [5, 5.41) is 12.4. The monoisotopic (exact) mass is 298 g/mol. The Hall–Kier alpha value is -0.810. The number of carbonyl (C=O) groups is 1. The molecule has 0 aliphatic heterocycles. The van der Waals surface area contributed by atoms with Gasteiger partial charge in [0.25, 0.3) is 0 Å². The molecule has 0 bridgehead atoms. The molecule has 21 heavy (non-hydrogen) atoms. The highest BCUT2D eigenvalue weighted by molar-refractivity contribution is 5.69. The SMILES string of the molecule is CC(C)(C)OC(=O)N(C1CC1)[C@H]1CCCC[C@H]1NCCO. The third kappa shape index (κ3) is 4.85. The van der Waals surface area contributed by atoms with Crippen molar-refractivity contribution < 1.29 is 14.6 Å². The molecule has 5 nitrogen and oxygen atoms in total. The Bertz CT molecular complexity index is 350. The molecule has 0 aromatic carbocycles. The number of aliphatic hydroxyl groups is 1. The minimum absolute atomic E-state index is 0.138. The standard InChI is InChI=1S/C16H30N2O3/c1-16(2,3)21-15(20)18(12-8-9-12)14-7-5-4-6-13(14)17-10-11-19/h12-14,17,19H,4-11H2,1-3H3/t13-,14+/m1/s1. The molecule has 0 spiro atoms. The minimum Gasteiger partial charge on any atom is -0.444 e. The number of amides is 1. The van der Waals surface area contributed by atoms with E-state index in [9.17, 15) is 4.79 Å². The molecule has 2 saturated carbocycles. The highest BCUT2D eigenvalue weighted by Crippen LogP contribution is 2.35. The average molecular weight is 298 g/mol. The molecule has 0 radical (unpaired) electrons. The zero-order valence-corrected chi connectivity index (χ0v) is 13.6. The summed E-state index contributed by atoms with van der Waals surface area (Å²) in [7, 11) is 0. The summed E-state index contributed by atoms with van der Waals surface area (Å²) in [6.45, 7) is 6.47. The Balaban J connectivity index is 2.06. The second-order valence-corrected chi connectivity index (χ2v) is 7.25. The third-order valence-corrected chi connectivity index (χ3v) is 4.15. The summed E-state index contributed by atoms with van der Waals surface area (Å²) < 4.78 is 5.62. The Morgan fingerprint density at radius 1 is 1.24 bits per heavy atom. The quantitative estimate of drug-likeness (QED) is 0.817. The van der Waals surface area contributed by atoms with E-state index in [0.29, 0.717) is 12.6 Å². The summed E-state index contributed by atoms with van der Waals surface area (Å²) in [6.07, 6.45) is 6.44. The Morgan fingerprint density at radius 3 is 2.48 bits per heavy atom. The average Bonchev–Trinajstić information content (AvgIpc) is 3.20. The zero-order chi connectivity index (χ0) is 15.5. The third-order valence-electron chi connectivity index (χ3n) is 4.15. The van der Waals surface area contributed by atoms with Crippen LogP contribution in [0.2, 0.25) is 0 Å². The fourth-order valence-corrected chi connectivity index (χ4v) is 3.15. The fraction of sp³-hybridized carbons (Fsp3) is 0.938. The summed E-state index contributed by atoms with van der Waals surface area (Å²) in [4.78, 5) is 14.6. The van der Waals surface area contributed by atoms with Crippen molar-refractivity contribution in [3.63, 3.8) is 0 Å². The molecular weight excluding hydrogens is 268 g/mol. The normalized spacial score (nSPS) is 26.5. The molecule has 2 atom stereocenters. The number of ether oxygens (including phenoxy) is 1. The van der Waals surface area contributed by atoms with Crippen LogP contribution in [0.4, 0.5) is 4.79 Å². The lowest BCUT2D eigenvalue weighted by Crippen LogP contribution is -2.55. The second-order valence-electron chi connectivity index (χ2n) is 7.25. The van der Waals surface area contributed by atoms with Gasteiger partial charge in [0.15, 0.2) is 0 Å². The largest absolute Gasteiger partial charge is 0.444 e. The molecule has 2 rings (SSSR count). The Morgan fingerprint density at radius 2 is 1.90 bits per heavy atom. The lowest BCUT2D eigenvalue weighted by atomic mass is 9.89. The van der Waals surface area contributed by atoms with Crippen LogP contribution in [-0.2, 0) is 4.74 Å². The van der Waals surface area contributed by atoms with Crippen molar-refractivity contribution in [3.05, 3.63) is 0 Å². The van der Waals surface area contributed by atoms with Crippen LogP contribution in [0.5, 0.6) is 0 Å². The molecule has 2 N–H and O–H groups in total. The number of carbonyl (C=O) groups excluding carboxylic acids is 1. The number of nitrogens with zero attached hydrogens (tertiary/aromatic N) is 1. The number of hydrogen-bond acceptors (Lipinski definition) is 4. The highest BCUT2D eigenvalue weighted by Gasteiger charge is 2.43.